The maximum atomic E-state index is 11.7. The topological polar surface area (TPSA) is 89.6 Å². The van der Waals surface area contributed by atoms with Gasteiger partial charge >= 0.3 is 11.9 Å². The van der Waals surface area contributed by atoms with Crippen LogP contribution in [0.15, 0.2) is 11.6 Å². The second-order valence-electron chi connectivity index (χ2n) is 9.28. The highest BCUT2D eigenvalue weighted by Gasteiger charge is 2.20. The number of carbonyl (C=O) groups excluding carboxylic acids is 1. The number of allylic oxidation sites excluding steroid dienone is 1. The SMILES string of the molecule is CC(C)(C)OC(=O)C/C(=C\CCC1CCCCC1)C(=O)O.NC1CCCCC1. The third-order valence-electron chi connectivity index (χ3n) is 5.37. The van der Waals surface area contributed by atoms with E-state index in [9.17, 15) is 14.7 Å². The largest absolute Gasteiger partial charge is 0.478 e. The highest BCUT2D eigenvalue weighted by molar-refractivity contribution is 5.92. The van der Waals surface area contributed by atoms with E-state index < -0.39 is 17.5 Å². The minimum atomic E-state index is -1.02. The lowest BCUT2D eigenvalue weighted by Crippen LogP contribution is -2.24. The Morgan fingerprint density at radius 3 is 1.96 bits per heavy atom. The van der Waals surface area contributed by atoms with Gasteiger partial charge in [-0.15, -0.1) is 0 Å². The van der Waals surface area contributed by atoms with Gasteiger partial charge < -0.3 is 15.6 Å². The van der Waals surface area contributed by atoms with Crippen molar-refractivity contribution in [1.29, 1.82) is 0 Å². The average Bonchev–Trinajstić information content (AvgIpc) is 2.61. The highest BCUT2D eigenvalue weighted by atomic mass is 16.6. The zero-order chi connectivity index (χ0) is 21.0. The molecule has 0 aliphatic heterocycles. The van der Waals surface area contributed by atoms with Gasteiger partial charge in [-0.25, -0.2) is 4.79 Å². The van der Waals surface area contributed by atoms with Gasteiger partial charge in [0, 0.05) is 11.6 Å². The molecular weight excluding hydrogens is 354 g/mol. The fraction of sp³-hybridized carbons (Fsp3) is 0.826. The summed E-state index contributed by atoms with van der Waals surface area (Å²) in [6, 6.07) is 0.536. The van der Waals surface area contributed by atoms with E-state index >= 15 is 0 Å². The quantitative estimate of drug-likeness (QED) is 0.466. The van der Waals surface area contributed by atoms with Crippen LogP contribution in [-0.4, -0.2) is 28.7 Å². The number of nitrogens with two attached hydrogens (primary N) is 1. The smallest absolute Gasteiger partial charge is 0.331 e. The molecule has 0 atom stereocenters. The van der Waals surface area contributed by atoms with Crippen molar-refractivity contribution in [2.45, 2.75) is 116 Å². The zero-order valence-corrected chi connectivity index (χ0v) is 18.2. The van der Waals surface area contributed by atoms with Gasteiger partial charge in [0.15, 0.2) is 0 Å². The summed E-state index contributed by atoms with van der Waals surface area (Å²) >= 11 is 0. The maximum absolute atomic E-state index is 11.7. The van der Waals surface area contributed by atoms with Gasteiger partial charge in [0.05, 0.1) is 6.42 Å². The third-order valence-corrected chi connectivity index (χ3v) is 5.37. The van der Waals surface area contributed by atoms with E-state index in [1.807, 2.05) is 0 Å². The van der Waals surface area contributed by atoms with Gasteiger partial charge in [-0.3, -0.25) is 4.79 Å². The molecule has 0 radical (unpaired) electrons. The first-order valence-electron chi connectivity index (χ1n) is 11.1. The molecule has 0 unspecified atom stereocenters. The molecule has 2 fully saturated rings. The molecule has 2 aliphatic carbocycles. The Morgan fingerprint density at radius 1 is 1.00 bits per heavy atom. The molecule has 162 valence electrons. The summed E-state index contributed by atoms with van der Waals surface area (Å²) in [5.41, 5.74) is 5.21. The minimum Gasteiger partial charge on any atom is -0.478 e. The molecule has 0 heterocycles. The predicted octanol–water partition coefficient (Wildman–Crippen LogP) is 5.37. The van der Waals surface area contributed by atoms with Crippen LogP contribution in [-0.2, 0) is 14.3 Å². The van der Waals surface area contributed by atoms with Crippen molar-refractivity contribution < 1.29 is 19.4 Å². The van der Waals surface area contributed by atoms with Crippen LogP contribution in [0.2, 0.25) is 0 Å². The Kier molecular flexibility index (Phi) is 11.4. The Morgan fingerprint density at radius 2 is 1.54 bits per heavy atom. The molecule has 2 rings (SSSR count). The van der Waals surface area contributed by atoms with Crippen molar-refractivity contribution in [1.82, 2.24) is 0 Å². The lowest BCUT2D eigenvalue weighted by Gasteiger charge is -2.21. The number of carboxylic acids is 1. The number of carbonyl (C=O) groups is 2. The number of aliphatic carboxylic acids is 1. The van der Waals surface area contributed by atoms with E-state index in [-0.39, 0.29) is 12.0 Å². The van der Waals surface area contributed by atoms with Crippen molar-refractivity contribution >= 4 is 11.9 Å². The first kappa shape index (κ1) is 24.7. The van der Waals surface area contributed by atoms with Crippen LogP contribution in [0.25, 0.3) is 0 Å². The molecule has 0 aromatic rings. The standard InChI is InChI=1S/C17H28O4.C6H13N/c1-17(2,3)21-15(18)12-14(16(19)20)11-7-10-13-8-5-4-6-9-13;7-6-4-2-1-3-5-6/h11,13H,4-10,12H2,1-3H3,(H,19,20);6H,1-5,7H2/b14-11+;. The van der Waals surface area contributed by atoms with Crippen LogP contribution in [0.1, 0.15) is 104 Å². The van der Waals surface area contributed by atoms with Crippen LogP contribution in [0.4, 0.5) is 0 Å². The third kappa shape index (κ3) is 12.2. The minimum absolute atomic E-state index is 0.153. The van der Waals surface area contributed by atoms with E-state index in [0.29, 0.717) is 12.0 Å². The molecule has 28 heavy (non-hydrogen) atoms. The molecular formula is C23H41NO4. The number of esters is 1. The molecule has 0 bridgehead atoms. The number of hydrogen-bond acceptors (Lipinski definition) is 4. The van der Waals surface area contributed by atoms with E-state index in [1.165, 1.54) is 64.2 Å². The van der Waals surface area contributed by atoms with E-state index in [4.69, 9.17) is 10.5 Å². The summed E-state index contributed by atoms with van der Waals surface area (Å²) in [6.07, 6.45) is 16.4. The number of rotatable bonds is 6. The summed E-state index contributed by atoms with van der Waals surface area (Å²) in [5.74, 6) is -0.787. The van der Waals surface area contributed by atoms with E-state index in [0.717, 1.165) is 12.8 Å². The first-order valence-corrected chi connectivity index (χ1v) is 11.1. The lowest BCUT2D eigenvalue weighted by molar-refractivity contribution is -0.155. The van der Waals surface area contributed by atoms with Crippen molar-refractivity contribution in [2.75, 3.05) is 0 Å². The Bertz CT molecular complexity index is 495. The summed E-state index contributed by atoms with van der Waals surface area (Å²) in [6.45, 7) is 5.33. The zero-order valence-electron chi connectivity index (χ0n) is 18.2. The molecule has 3 N–H and O–H groups in total. The Balaban J connectivity index is 0.000000467. The van der Waals surface area contributed by atoms with Gasteiger partial charge in [0.2, 0.25) is 0 Å². The number of carboxylic acid groups (broad SMARTS) is 1. The highest BCUT2D eigenvalue weighted by Crippen LogP contribution is 2.27. The molecule has 0 spiro atoms. The van der Waals surface area contributed by atoms with Crippen molar-refractivity contribution in [3.63, 3.8) is 0 Å². The molecule has 2 aliphatic rings. The summed E-state index contributed by atoms with van der Waals surface area (Å²) in [7, 11) is 0. The van der Waals surface area contributed by atoms with Crippen LogP contribution in [0.3, 0.4) is 0 Å². The van der Waals surface area contributed by atoms with Gasteiger partial charge in [-0.2, -0.15) is 0 Å². The van der Waals surface area contributed by atoms with Gasteiger partial charge in [0.25, 0.3) is 0 Å². The second-order valence-corrected chi connectivity index (χ2v) is 9.28. The van der Waals surface area contributed by atoms with Crippen molar-refractivity contribution in [2.24, 2.45) is 11.7 Å². The second kappa shape index (κ2) is 13.0. The monoisotopic (exact) mass is 395 g/mol. The molecule has 5 nitrogen and oxygen atoms in total. The van der Waals surface area contributed by atoms with Crippen LogP contribution >= 0.6 is 0 Å². The number of hydrogen-bond donors (Lipinski definition) is 2. The van der Waals surface area contributed by atoms with E-state index in [1.54, 1.807) is 26.8 Å². The van der Waals surface area contributed by atoms with Crippen molar-refractivity contribution in [3.05, 3.63) is 11.6 Å². The maximum Gasteiger partial charge on any atom is 0.331 e. The van der Waals surface area contributed by atoms with Gasteiger partial charge in [-0.05, 0) is 52.4 Å². The molecule has 0 aromatic heterocycles. The van der Waals surface area contributed by atoms with Gasteiger partial charge in [-0.1, -0.05) is 57.4 Å². The summed E-state index contributed by atoms with van der Waals surface area (Å²) < 4.78 is 5.17. The first-order chi connectivity index (χ1) is 13.2. The fourth-order valence-corrected chi connectivity index (χ4v) is 3.87. The average molecular weight is 396 g/mol. The Labute approximate surface area is 171 Å². The summed E-state index contributed by atoms with van der Waals surface area (Å²) in [4.78, 5) is 22.9. The Hall–Kier alpha value is -1.36. The van der Waals surface area contributed by atoms with Crippen LogP contribution in [0, 0.1) is 5.92 Å². The molecule has 0 saturated heterocycles. The lowest BCUT2D eigenvalue weighted by atomic mass is 9.86. The molecule has 0 aromatic carbocycles. The number of ether oxygens (including phenoxy) is 1. The molecule has 2 saturated carbocycles. The predicted molar refractivity (Wildman–Crippen MR) is 113 cm³/mol. The van der Waals surface area contributed by atoms with Gasteiger partial charge in [0.1, 0.15) is 5.60 Å². The molecule has 5 heteroatoms. The fourth-order valence-electron chi connectivity index (χ4n) is 3.87. The van der Waals surface area contributed by atoms with Crippen LogP contribution < -0.4 is 5.73 Å². The summed E-state index contributed by atoms with van der Waals surface area (Å²) in [5, 5.41) is 9.18. The van der Waals surface area contributed by atoms with Crippen molar-refractivity contribution in [3.8, 4) is 0 Å². The normalized spacial score (nSPS) is 19.5. The van der Waals surface area contributed by atoms with E-state index in [2.05, 4.69) is 0 Å². The molecule has 0 amide bonds. The van der Waals surface area contributed by atoms with Crippen LogP contribution in [0.5, 0.6) is 0 Å².